The lowest BCUT2D eigenvalue weighted by Gasteiger charge is -2.49. The Labute approximate surface area is 226 Å². The van der Waals surface area contributed by atoms with E-state index in [4.69, 9.17) is 5.26 Å². The van der Waals surface area contributed by atoms with Crippen molar-refractivity contribution in [3.8, 4) is 6.07 Å². The fourth-order valence-electron chi connectivity index (χ4n) is 3.68. The predicted octanol–water partition coefficient (Wildman–Crippen LogP) is -0.0631. The number of nitrogens with one attached hydrogen (secondary N) is 3. The van der Waals surface area contributed by atoms with Crippen LogP contribution in [0.2, 0.25) is 0 Å². The van der Waals surface area contributed by atoms with Gasteiger partial charge < -0.3 is 26.3 Å². The summed E-state index contributed by atoms with van der Waals surface area (Å²) in [5.74, 6) is -2.20. The molecule has 2 aliphatic heterocycles. The molecule has 14 nitrogen and oxygen atoms in total. The van der Waals surface area contributed by atoms with Gasteiger partial charge in [-0.3, -0.25) is 19.3 Å². The van der Waals surface area contributed by atoms with Gasteiger partial charge in [-0.25, -0.2) is 9.59 Å². The second kappa shape index (κ2) is 11.6. The SMILES string of the molecule is N#CCNC(=O)NC(C(=O)N[C@@H]1C(=O)N2C(C(=O)O)=C(CSc3ccc(=O)n(O)n3)CSC12)c1cccs1. The zero-order chi connectivity index (χ0) is 27.4. The fourth-order valence-corrected chi connectivity index (χ4v) is 6.79. The molecular formula is C21H19N7O7S3. The highest BCUT2D eigenvalue weighted by atomic mass is 32.2. The monoisotopic (exact) mass is 577 g/mol. The molecule has 0 saturated carbocycles. The third-order valence-electron chi connectivity index (χ3n) is 5.39. The first kappa shape index (κ1) is 27.0. The first-order valence-electron chi connectivity index (χ1n) is 10.8. The van der Waals surface area contributed by atoms with E-state index in [0.717, 1.165) is 22.7 Å². The lowest BCUT2D eigenvalue weighted by atomic mass is 10.0. The summed E-state index contributed by atoms with van der Waals surface area (Å²) in [7, 11) is 0. The van der Waals surface area contributed by atoms with Crippen LogP contribution in [0.15, 0.2) is 50.7 Å². The molecule has 0 spiro atoms. The summed E-state index contributed by atoms with van der Waals surface area (Å²) in [4.78, 5) is 63.3. The highest BCUT2D eigenvalue weighted by Gasteiger charge is 2.54. The Balaban J connectivity index is 1.46. The summed E-state index contributed by atoms with van der Waals surface area (Å²) < 4.78 is 0. The molecule has 2 aromatic rings. The lowest BCUT2D eigenvalue weighted by Crippen LogP contribution is -2.71. The highest BCUT2D eigenvalue weighted by molar-refractivity contribution is 8.01. The van der Waals surface area contributed by atoms with Crippen molar-refractivity contribution < 1.29 is 29.5 Å². The number of nitriles is 1. The topological polar surface area (TPSA) is 207 Å². The van der Waals surface area contributed by atoms with E-state index in [0.29, 0.717) is 10.5 Å². The van der Waals surface area contributed by atoms with Crippen molar-refractivity contribution in [2.45, 2.75) is 22.5 Å². The third-order valence-corrected chi connectivity index (χ3v) is 8.68. The van der Waals surface area contributed by atoms with E-state index >= 15 is 0 Å². The van der Waals surface area contributed by atoms with Crippen molar-refractivity contribution in [2.75, 3.05) is 18.1 Å². The number of β-lactam (4-membered cyclic amide) rings is 1. The van der Waals surface area contributed by atoms with Crippen LogP contribution in [0.4, 0.5) is 4.79 Å². The van der Waals surface area contributed by atoms with E-state index in [1.807, 2.05) is 0 Å². The van der Waals surface area contributed by atoms with Gasteiger partial charge in [-0.2, -0.15) is 5.26 Å². The van der Waals surface area contributed by atoms with Crippen LogP contribution >= 0.6 is 34.9 Å². The Morgan fingerprint density at radius 2 is 2.08 bits per heavy atom. The van der Waals surface area contributed by atoms with Crippen molar-refractivity contribution in [3.05, 3.63) is 56.1 Å². The van der Waals surface area contributed by atoms with E-state index in [1.165, 1.54) is 29.2 Å². The fraction of sp³-hybridized carbons (Fsp3) is 0.286. The van der Waals surface area contributed by atoms with E-state index in [2.05, 4.69) is 21.0 Å². The number of amides is 4. The molecule has 198 valence electrons. The Morgan fingerprint density at radius 1 is 1.29 bits per heavy atom. The minimum Gasteiger partial charge on any atom is -0.477 e. The summed E-state index contributed by atoms with van der Waals surface area (Å²) in [5.41, 5.74) is -0.473. The number of hydrogen-bond acceptors (Lipinski definition) is 11. The molecule has 0 radical (unpaired) electrons. The summed E-state index contributed by atoms with van der Waals surface area (Å²) in [6.45, 7) is -0.260. The van der Waals surface area contributed by atoms with Gasteiger partial charge in [-0.1, -0.05) is 22.7 Å². The number of thioether (sulfide) groups is 2. The molecule has 1 saturated heterocycles. The number of thiophene rings is 1. The average molecular weight is 578 g/mol. The molecule has 1 fully saturated rings. The molecule has 3 atom stereocenters. The van der Waals surface area contributed by atoms with E-state index < -0.39 is 46.8 Å². The number of carboxylic acids is 1. The Bertz CT molecular complexity index is 1400. The minimum atomic E-state index is -1.31. The number of hydrogen-bond donors (Lipinski definition) is 5. The summed E-state index contributed by atoms with van der Waals surface area (Å²) in [6, 6.07) is 4.71. The Kier molecular flexibility index (Phi) is 8.24. The van der Waals surface area contributed by atoms with Gasteiger partial charge in [0.2, 0.25) is 5.91 Å². The van der Waals surface area contributed by atoms with Gasteiger partial charge >= 0.3 is 17.6 Å². The summed E-state index contributed by atoms with van der Waals surface area (Å²) >= 11 is 3.57. The number of carbonyl (C=O) groups excluding carboxylic acids is 3. The zero-order valence-electron chi connectivity index (χ0n) is 19.2. The van der Waals surface area contributed by atoms with Crippen molar-refractivity contribution in [1.82, 2.24) is 30.8 Å². The average Bonchev–Trinajstić information content (AvgIpc) is 3.43. The van der Waals surface area contributed by atoms with Crippen LogP contribution in [0.3, 0.4) is 0 Å². The van der Waals surface area contributed by atoms with Crippen LogP contribution in [0.25, 0.3) is 0 Å². The van der Waals surface area contributed by atoms with Crippen molar-refractivity contribution in [2.24, 2.45) is 0 Å². The smallest absolute Gasteiger partial charge is 0.352 e. The first-order valence-corrected chi connectivity index (χ1v) is 13.7. The lowest BCUT2D eigenvalue weighted by molar-refractivity contribution is -0.150. The number of aromatic nitrogens is 2. The van der Waals surface area contributed by atoms with E-state index in [9.17, 15) is 34.3 Å². The standard InChI is InChI=1S/C21H19N7O7S3/c22-5-6-23-21(34)25-14(11-2-1-7-36-11)17(30)24-15-18(31)27-16(20(32)33)10(9-38-19(15)27)8-37-12-3-4-13(29)28(35)26-12/h1-4,7,14-15,19,35H,6,8-9H2,(H,24,30)(H,32,33)(H2,23,25,34)/t14?,15-,19?/m1/s1. The van der Waals surface area contributed by atoms with Crippen LogP contribution < -0.4 is 21.5 Å². The molecule has 2 unspecified atom stereocenters. The molecule has 4 amide bonds. The minimum absolute atomic E-state index is 0.134. The molecule has 2 aromatic heterocycles. The van der Waals surface area contributed by atoms with E-state index in [-0.39, 0.29) is 33.6 Å². The number of fused-ring (bicyclic) bond motifs is 1. The van der Waals surface area contributed by atoms with Gasteiger partial charge in [0.15, 0.2) is 0 Å². The molecule has 17 heteroatoms. The van der Waals surface area contributed by atoms with Gasteiger partial charge in [-0.15, -0.1) is 28.2 Å². The van der Waals surface area contributed by atoms with Gasteiger partial charge in [0.25, 0.3) is 5.91 Å². The van der Waals surface area contributed by atoms with Crippen molar-refractivity contribution in [1.29, 1.82) is 5.26 Å². The van der Waals surface area contributed by atoms with Crippen LogP contribution in [0.1, 0.15) is 10.9 Å². The molecule has 0 aromatic carbocycles. The maximum Gasteiger partial charge on any atom is 0.352 e. The molecule has 5 N–H and O–H groups in total. The van der Waals surface area contributed by atoms with E-state index in [1.54, 1.807) is 23.6 Å². The maximum absolute atomic E-state index is 13.1. The second-order valence-corrected chi connectivity index (χ2v) is 10.9. The van der Waals surface area contributed by atoms with Crippen LogP contribution in [0, 0.1) is 11.3 Å². The molecular weight excluding hydrogens is 558 g/mol. The molecule has 0 aliphatic carbocycles. The summed E-state index contributed by atoms with van der Waals surface area (Å²) in [5, 5.41) is 40.3. The van der Waals surface area contributed by atoms with Gasteiger partial charge in [0, 0.05) is 22.4 Å². The van der Waals surface area contributed by atoms with Crippen LogP contribution in [-0.2, 0) is 14.4 Å². The number of rotatable bonds is 9. The third kappa shape index (κ3) is 5.61. The summed E-state index contributed by atoms with van der Waals surface area (Å²) in [6.07, 6.45) is 0. The van der Waals surface area contributed by atoms with Gasteiger partial charge in [0.1, 0.15) is 34.7 Å². The van der Waals surface area contributed by atoms with Crippen LogP contribution in [-0.4, -0.2) is 78.4 Å². The van der Waals surface area contributed by atoms with Crippen molar-refractivity contribution >= 4 is 58.7 Å². The predicted molar refractivity (Wildman–Crippen MR) is 135 cm³/mol. The largest absolute Gasteiger partial charge is 0.477 e. The molecule has 2 aliphatic rings. The molecule has 38 heavy (non-hydrogen) atoms. The Hall–Kier alpha value is -4.01. The second-order valence-electron chi connectivity index (χ2n) is 7.77. The molecule has 4 rings (SSSR count). The number of urea groups is 1. The van der Waals surface area contributed by atoms with Crippen molar-refractivity contribution in [3.63, 3.8) is 0 Å². The quantitative estimate of drug-likeness (QED) is 0.115. The number of nitrogens with zero attached hydrogens (tertiary/aromatic N) is 4. The normalized spacial score (nSPS) is 19.0. The first-order chi connectivity index (χ1) is 18.2. The number of aliphatic carboxylic acids is 1. The highest BCUT2D eigenvalue weighted by Crippen LogP contribution is 2.41. The Morgan fingerprint density at radius 3 is 2.74 bits per heavy atom. The van der Waals surface area contributed by atoms with Gasteiger partial charge in [0.05, 0.1) is 6.07 Å². The maximum atomic E-state index is 13.1. The number of carbonyl (C=O) groups is 4. The van der Waals surface area contributed by atoms with Gasteiger partial charge in [-0.05, 0) is 23.1 Å². The van der Waals surface area contributed by atoms with Crippen LogP contribution in [0.5, 0.6) is 0 Å². The number of carboxylic acid groups (broad SMARTS) is 1. The zero-order valence-corrected chi connectivity index (χ0v) is 21.6. The molecule has 0 bridgehead atoms. The molecule has 4 heterocycles.